The number of hydrogen-bond donors (Lipinski definition) is 3. The first-order chi connectivity index (χ1) is 7.91. The SMILES string of the molecule is CC(O)C(N)CNC(=O)c1ccc(Cl)c(F)c1. The first-order valence-electron chi connectivity index (χ1n) is 5.08. The van der Waals surface area contributed by atoms with E-state index in [0.29, 0.717) is 0 Å². The summed E-state index contributed by atoms with van der Waals surface area (Å²) in [6.07, 6.45) is -0.725. The molecule has 2 unspecified atom stereocenters. The third kappa shape index (κ3) is 3.96. The van der Waals surface area contributed by atoms with Crippen molar-refractivity contribution in [1.29, 1.82) is 0 Å². The smallest absolute Gasteiger partial charge is 0.251 e. The largest absolute Gasteiger partial charge is 0.392 e. The van der Waals surface area contributed by atoms with E-state index in [1.165, 1.54) is 19.1 Å². The molecule has 0 saturated carbocycles. The molecule has 0 bridgehead atoms. The van der Waals surface area contributed by atoms with Gasteiger partial charge in [0.15, 0.2) is 0 Å². The van der Waals surface area contributed by atoms with Gasteiger partial charge in [0.25, 0.3) is 5.91 Å². The van der Waals surface area contributed by atoms with Crippen molar-refractivity contribution in [2.24, 2.45) is 5.73 Å². The van der Waals surface area contributed by atoms with Crippen molar-refractivity contribution < 1.29 is 14.3 Å². The number of hydrogen-bond acceptors (Lipinski definition) is 3. The standard InChI is InChI=1S/C11H14ClFN2O2/c1-6(16)10(14)5-15-11(17)7-2-3-8(12)9(13)4-7/h2-4,6,10,16H,5,14H2,1H3,(H,15,17). The van der Waals surface area contributed by atoms with Gasteiger partial charge in [-0.2, -0.15) is 0 Å². The Hall–Kier alpha value is -1.17. The van der Waals surface area contributed by atoms with E-state index in [4.69, 9.17) is 22.4 Å². The van der Waals surface area contributed by atoms with Gasteiger partial charge >= 0.3 is 0 Å². The lowest BCUT2D eigenvalue weighted by Gasteiger charge is -2.15. The van der Waals surface area contributed by atoms with E-state index in [1.807, 2.05) is 0 Å². The lowest BCUT2D eigenvalue weighted by Crippen LogP contribution is -2.43. The summed E-state index contributed by atoms with van der Waals surface area (Å²) < 4.78 is 13.1. The molecule has 0 heterocycles. The molecule has 0 radical (unpaired) electrons. The van der Waals surface area contributed by atoms with E-state index in [1.54, 1.807) is 0 Å². The van der Waals surface area contributed by atoms with Crippen LogP contribution in [0.2, 0.25) is 5.02 Å². The number of nitrogens with two attached hydrogens (primary N) is 1. The highest BCUT2D eigenvalue weighted by Gasteiger charge is 2.13. The number of carbonyl (C=O) groups is 1. The van der Waals surface area contributed by atoms with Gasteiger partial charge in [-0.15, -0.1) is 0 Å². The second-order valence-electron chi connectivity index (χ2n) is 3.74. The summed E-state index contributed by atoms with van der Waals surface area (Å²) >= 11 is 5.49. The van der Waals surface area contributed by atoms with Gasteiger partial charge in [-0.25, -0.2) is 4.39 Å². The number of halogens is 2. The molecule has 17 heavy (non-hydrogen) atoms. The van der Waals surface area contributed by atoms with E-state index in [9.17, 15) is 9.18 Å². The highest BCUT2D eigenvalue weighted by Crippen LogP contribution is 2.15. The number of carbonyl (C=O) groups excluding carboxylic acids is 1. The van der Waals surface area contributed by atoms with Gasteiger partial charge in [0.05, 0.1) is 11.1 Å². The van der Waals surface area contributed by atoms with Crippen LogP contribution in [0.3, 0.4) is 0 Å². The summed E-state index contributed by atoms with van der Waals surface area (Å²) in [5.41, 5.74) is 5.69. The van der Waals surface area contributed by atoms with Crippen LogP contribution in [0.5, 0.6) is 0 Å². The van der Waals surface area contributed by atoms with E-state index in [0.717, 1.165) is 6.07 Å². The molecule has 1 rings (SSSR count). The molecule has 4 nitrogen and oxygen atoms in total. The Kier molecular flexibility index (Phi) is 4.86. The van der Waals surface area contributed by atoms with E-state index < -0.39 is 23.9 Å². The lowest BCUT2D eigenvalue weighted by molar-refractivity contribution is 0.0937. The van der Waals surface area contributed by atoms with Gasteiger partial charge in [-0.3, -0.25) is 4.79 Å². The highest BCUT2D eigenvalue weighted by atomic mass is 35.5. The first-order valence-corrected chi connectivity index (χ1v) is 5.46. The molecule has 1 aromatic rings. The monoisotopic (exact) mass is 260 g/mol. The minimum Gasteiger partial charge on any atom is -0.392 e. The third-order valence-electron chi connectivity index (χ3n) is 2.30. The van der Waals surface area contributed by atoms with Crippen molar-refractivity contribution in [2.45, 2.75) is 19.1 Å². The minimum absolute atomic E-state index is 0.0396. The number of rotatable bonds is 4. The summed E-state index contributed by atoms with van der Waals surface area (Å²) in [6.45, 7) is 1.64. The minimum atomic E-state index is -0.725. The zero-order valence-electron chi connectivity index (χ0n) is 9.28. The molecule has 0 spiro atoms. The third-order valence-corrected chi connectivity index (χ3v) is 2.61. The molecule has 1 amide bonds. The molecule has 0 aliphatic carbocycles. The summed E-state index contributed by atoms with van der Waals surface area (Å²) in [4.78, 5) is 11.6. The molecule has 94 valence electrons. The van der Waals surface area contributed by atoms with E-state index >= 15 is 0 Å². The summed E-state index contributed by atoms with van der Waals surface area (Å²) in [6, 6.07) is 3.21. The molecule has 0 aliphatic heterocycles. The summed E-state index contributed by atoms with van der Waals surface area (Å²) in [7, 11) is 0. The van der Waals surface area contributed by atoms with Crippen molar-refractivity contribution in [3.8, 4) is 0 Å². The number of nitrogens with one attached hydrogen (secondary N) is 1. The van der Waals surface area contributed by atoms with Crippen LogP contribution in [0.15, 0.2) is 18.2 Å². The molecule has 4 N–H and O–H groups in total. The van der Waals surface area contributed by atoms with Gasteiger partial charge in [0, 0.05) is 18.2 Å². The molecule has 0 aromatic heterocycles. The van der Waals surface area contributed by atoms with Crippen molar-refractivity contribution in [1.82, 2.24) is 5.32 Å². The Morgan fingerprint density at radius 2 is 2.29 bits per heavy atom. The van der Waals surface area contributed by atoms with Crippen LogP contribution in [-0.4, -0.2) is 29.7 Å². The molecule has 6 heteroatoms. The normalized spacial score (nSPS) is 14.2. The van der Waals surface area contributed by atoms with Crippen LogP contribution in [-0.2, 0) is 0 Å². The molecule has 0 aliphatic rings. The van der Waals surface area contributed by atoms with Gasteiger partial charge in [-0.05, 0) is 25.1 Å². The van der Waals surface area contributed by atoms with Crippen molar-refractivity contribution in [3.63, 3.8) is 0 Å². The van der Waals surface area contributed by atoms with Gasteiger partial charge in [-0.1, -0.05) is 11.6 Å². The average molecular weight is 261 g/mol. The zero-order valence-corrected chi connectivity index (χ0v) is 10.0. The Morgan fingerprint density at radius 1 is 1.65 bits per heavy atom. The first kappa shape index (κ1) is 13.9. The molecular formula is C11H14ClFN2O2. The maximum atomic E-state index is 13.1. The Labute approximate surface area is 104 Å². The van der Waals surface area contributed by atoms with Crippen LogP contribution in [0.4, 0.5) is 4.39 Å². The molecule has 0 saturated heterocycles. The molecular weight excluding hydrogens is 247 g/mol. The maximum absolute atomic E-state index is 13.1. The predicted molar refractivity (Wildman–Crippen MR) is 63.4 cm³/mol. The van der Waals surface area contributed by atoms with Crippen molar-refractivity contribution in [3.05, 3.63) is 34.6 Å². The number of benzene rings is 1. The quantitative estimate of drug-likeness (QED) is 0.753. The van der Waals surface area contributed by atoms with Crippen LogP contribution in [0, 0.1) is 5.82 Å². The Morgan fingerprint density at radius 3 is 2.82 bits per heavy atom. The molecule has 0 fully saturated rings. The van der Waals surface area contributed by atoms with Gasteiger partial charge in [0.2, 0.25) is 0 Å². The summed E-state index contributed by atoms with van der Waals surface area (Å²) in [5, 5.41) is 11.6. The fourth-order valence-electron chi connectivity index (χ4n) is 1.12. The van der Waals surface area contributed by atoms with Gasteiger partial charge in [0.1, 0.15) is 5.82 Å². The highest BCUT2D eigenvalue weighted by molar-refractivity contribution is 6.30. The summed E-state index contributed by atoms with van der Waals surface area (Å²) in [5.74, 6) is -1.11. The van der Waals surface area contributed by atoms with Crippen molar-refractivity contribution in [2.75, 3.05) is 6.54 Å². The van der Waals surface area contributed by atoms with E-state index in [-0.39, 0.29) is 17.1 Å². The Balaban J connectivity index is 2.61. The molecule has 1 aromatic carbocycles. The number of aliphatic hydroxyl groups is 1. The fraction of sp³-hybridized carbons (Fsp3) is 0.364. The topological polar surface area (TPSA) is 75.3 Å². The van der Waals surface area contributed by atoms with Crippen LogP contribution < -0.4 is 11.1 Å². The van der Waals surface area contributed by atoms with Crippen molar-refractivity contribution >= 4 is 17.5 Å². The van der Waals surface area contributed by atoms with E-state index in [2.05, 4.69) is 5.32 Å². The van der Waals surface area contributed by atoms with Gasteiger partial charge < -0.3 is 16.2 Å². The second-order valence-corrected chi connectivity index (χ2v) is 4.15. The van der Waals surface area contributed by atoms with Crippen LogP contribution >= 0.6 is 11.6 Å². The van der Waals surface area contributed by atoms with Crippen LogP contribution in [0.25, 0.3) is 0 Å². The lowest BCUT2D eigenvalue weighted by atomic mass is 10.1. The Bertz CT molecular complexity index is 412. The number of aliphatic hydroxyl groups excluding tert-OH is 1. The maximum Gasteiger partial charge on any atom is 0.251 e. The second kappa shape index (κ2) is 5.95. The zero-order chi connectivity index (χ0) is 13.0. The fourth-order valence-corrected chi connectivity index (χ4v) is 1.24. The molecule has 2 atom stereocenters. The number of amides is 1. The van der Waals surface area contributed by atoms with Crippen LogP contribution in [0.1, 0.15) is 17.3 Å². The predicted octanol–water partition coefficient (Wildman–Crippen LogP) is 0.917. The average Bonchev–Trinajstić information content (AvgIpc) is 2.28.